The fraction of sp³-hybridized carbons (Fsp3) is 0.700. The largest absolute Gasteiger partial charge is 0.496 e. The molecule has 0 aromatic rings. The molecule has 0 amide bonds. The SMILES string of the molecule is CC(C)OC1=C[C@H](O)CC(C=O)C1. The Morgan fingerprint density at radius 1 is 1.69 bits per heavy atom. The molecule has 0 aromatic carbocycles. The van der Waals surface area contributed by atoms with Crippen LogP contribution in [0.3, 0.4) is 0 Å². The van der Waals surface area contributed by atoms with E-state index in [0.29, 0.717) is 12.8 Å². The Bertz CT molecular complexity index is 208. The minimum Gasteiger partial charge on any atom is -0.496 e. The van der Waals surface area contributed by atoms with Gasteiger partial charge in [-0.1, -0.05) is 0 Å². The zero-order valence-corrected chi connectivity index (χ0v) is 8.06. The molecule has 0 saturated heterocycles. The van der Waals surface area contributed by atoms with Gasteiger partial charge in [-0.3, -0.25) is 0 Å². The second-order valence-electron chi connectivity index (χ2n) is 3.70. The van der Waals surface area contributed by atoms with E-state index >= 15 is 0 Å². The molecule has 1 N–H and O–H groups in total. The van der Waals surface area contributed by atoms with E-state index in [9.17, 15) is 9.90 Å². The van der Waals surface area contributed by atoms with Gasteiger partial charge in [-0.2, -0.15) is 0 Å². The Morgan fingerprint density at radius 2 is 2.38 bits per heavy atom. The van der Waals surface area contributed by atoms with E-state index in [4.69, 9.17) is 4.74 Å². The Balaban J connectivity index is 2.57. The van der Waals surface area contributed by atoms with Gasteiger partial charge in [0.05, 0.1) is 18.0 Å². The highest BCUT2D eigenvalue weighted by Gasteiger charge is 2.21. The van der Waals surface area contributed by atoms with E-state index in [1.807, 2.05) is 13.8 Å². The smallest absolute Gasteiger partial charge is 0.123 e. The summed E-state index contributed by atoms with van der Waals surface area (Å²) in [5.41, 5.74) is 0. The van der Waals surface area contributed by atoms with Crippen LogP contribution in [-0.2, 0) is 9.53 Å². The van der Waals surface area contributed by atoms with Crippen LogP contribution in [0.25, 0.3) is 0 Å². The molecule has 1 aliphatic carbocycles. The molecule has 1 unspecified atom stereocenters. The molecular formula is C10H16O3. The minimum atomic E-state index is -0.530. The van der Waals surface area contributed by atoms with Crippen molar-refractivity contribution in [1.82, 2.24) is 0 Å². The molecule has 0 fully saturated rings. The van der Waals surface area contributed by atoms with Crippen molar-refractivity contribution in [2.24, 2.45) is 5.92 Å². The van der Waals surface area contributed by atoms with Gasteiger partial charge in [-0.05, 0) is 26.3 Å². The third-order valence-electron chi connectivity index (χ3n) is 1.97. The molecule has 0 aromatic heterocycles. The Kier molecular flexibility index (Phi) is 3.48. The predicted molar refractivity (Wildman–Crippen MR) is 49.1 cm³/mol. The Morgan fingerprint density at radius 3 is 2.92 bits per heavy atom. The molecule has 0 radical (unpaired) electrons. The van der Waals surface area contributed by atoms with E-state index < -0.39 is 6.10 Å². The zero-order valence-electron chi connectivity index (χ0n) is 8.06. The van der Waals surface area contributed by atoms with Gasteiger partial charge in [0.15, 0.2) is 0 Å². The van der Waals surface area contributed by atoms with Crippen molar-refractivity contribution in [1.29, 1.82) is 0 Å². The normalized spacial score (nSPS) is 28.5. The molecule has 0 bridgehead atoms. The summed E-state index contributed by atoms with van der Waals surface area (Å²) in [5, 5.41) is 9.38. The highest BCUT2D eigenvalue weighted by molar-refractivity contribution is 5.54. The van der Waals surface area contributed by atoms with Gasteiger partial charge in [0.25, 0.3) is 0 Å². The fourth-order valence-electron chi connectivity index (χ4n) is 1.50. The predicted octanol–water partition coefficient (Wildman–Crippen LogP) is 1.27. The van der Waals surface area contributed by atoms with Crippen LogP contribution in [0.1, 0.15) is 26.7 Å². The van der Waals surface area contributed by atoms with Crippen LogP contribution in [0.2, 0.25) is 0 Å². The van der Waals surface area contributed by atoms with Crippen molar-refractivity contribution in [3.63, 3.8) is 0 Å². The van der Waals surface area contributed by atoms with Crippen molar-refractivity contribution >= 4 is 6.29 Å². The summed E-state index contributed by atoms with van der Waals surface area (Å²) in [5.74, 6) is 0.652. The van der Waals surface area contributed by atoms with E-state index in [1.54, 1.807) is 6.08 Å². The molecule has 2 atom stereocenters. The lowest BCUT2D eigenvalue weighted by Gasteiger charge is -2.23. The summed E-state index contributed by atoms with van der Waals surface area (Å²) < 4.78 is 5.44. The molecule has 3 heteroatoms. The lowest BCUT2D eigenvalue weighted by Crippen LogP contribution is -2.21. The molecule has 1 aliphatic rings. The number of carbonyl (C=O) groups excluding carboxylic acids is 1. The third-order valence-corrected chi connectivity index (χ3v) is 1.97. The van der Waals surface area contributed by atoms with E-state index in [-0.39, 0.29) is 12.0 Å². The van der Waals surface area contributed by atoms with Crippen molar-refractivity contribution in [2.75, 3.05) is 0 Å². The third kappa shape index (κ3) is 3.19. The fourth-order valence-corrected chi connectivity index (χ4v) is 1.50. The van der Waals surface area contributed by atoms with E-state index in [1.165, 1.54) is 0 Å². The number of aldehydes is 1. The van der Waals surface area contributed by atoms with Gasteiger partial charge in [0.2, 0.25) is 0 Å². The maximum Gasteiger partial charge on any atom is 0.123 e. The molecule has 0 spiro atoms. The van der Waals surface area contributed by atoms with Crippen molar-refractivity contribution in [3.05, 3.63) is 11.8 Å². The van der Waals surface area contributed by atoms with Crippen molar-refractivity contribution in [2.45, 2.75) is 38.9 Å². The average molecular weight is 184 g/mol. The van der Waals surface area contributed by atoms with Crippen LogP contribution in [0.15, 0.2) is 11.8 Å². The number of hydrogen-bond donors (Lipinski definition) is 1. The summed E-state index contributed by atoms with van der Waals surface area (Å²) in [4.78, 5) is 10.5. The Hall–Kier alpha value is -0.830. The van der Waals surface area contributed by atoms with Gasteiger partial charge in [-0.15, -0.1) is 0 Å². The highest BCUT2D eigenvalue weighted by Crippen LogP contribution is 2.24. The summed E-state index contributed by atoms with van der Waals surface area (Å²) in [6.45, 7) is 3.86. The molecule has 74 valence electrons. The first-order valence-electron chi connectivity index (χ1n) is 4.62. The standard InChI is InChI=1S/C10H16O3/c1-7(2)13-10-4-8(6-11)3-9(12)5-10/h5-9,12H,3-4H2,1-2H3/t8?,9-/m1/s1. The summed E-state index contributed by atoms with van der Waals surface area (Å²) >= 11 is 0. The number of allylic oxidation sites excluding steroid dienone is 1. The van der Waals surface area contributed by atoms with Crippen molar-refractivity contribution in [3.8, 4) is 0 Å². The maximum absolute atomic E-state index is 10.5. The molecule has 0 heterocycles. The van der Waals surface area contributed by atoms with E-state index in [0.717, 1.165) is 12.0 Å². The number of carbonyl (C=O) groups is 1. The topological polar surface area (TPSA) is 46.5 Å². The first kappa shape index (κ1) is 10.3. The lowest BCUT2D eigenvalue weighted by atomic mass is 9.92. The summed E-state index contributed by atoms with van der Waals surface area (Å²) in [6, 6.07) is 0. The van der Waals surface area contributed by atoms with Crippen LogP contribution in [-0.4, -0.2) is 23.6 Å². The molecule has 0 aliphatic heterocycles. The van der Waals surface area contributed by atoms with Gasteiger partial charge < -0.3 is 14.6 Å². The number of aliphatic hydroxyl groups excluding tert-OH is 1. The van der Waals surface area contributed by atoms with Gasteiger partial charge in [0, 0.05) is 12.3 Å². The lowest BCUT2D eigenvalue weighted by molar-refractivity contribution is -0.112. The number of aliphatic hydroxyl groups is 1. The van der Waals surface area contributed by atoms with Crippen molar-refractivity contribution < 1.29 is 14.6 Å². The Labute approximate surface area is 78.4 Å². The quantitative estimate of drug-likeness (QED) is 0.672. The molecule has 1 rings (SSSR count). The molecule has 13 heavy (non-hydrogen) atoms. The first-order valence-corrected chi connectivity index (χ1v) is 4.62. The van der Waals surface area contributed by atoms with Crippen LogP contribution in [0.5, 0.6) is 0 Å². The summed E-state index contributed by atoms with van der Waals surface area (Å²) in [6.07, 6.45) is 3.30. The maximum atomic E-state index is 10.5. The second kappa shape index (κ2) is 4.42. The number of hydrogen-bond acceptors (Lipinski definition) is 3. The van der Waals surface area contributed by atoms with Crippen LogP contribution < -0.4 is 0 Å². The monoisotopic (exact) mass is 184 g/mol. The van der Waals surface area contributed by atoms with E-state index in [2.05, 4.69) is 0 Å². The molecular weight excluding hydrogens is 168 g/mol. The van der Waals surface area contributed by atoms with Crippen LogP contribution >= 0.6 is 0 Å². The van der Waals surface area contributed by atoms with Crippen LogP contribution in [0.4, 0.5) is 0 Å². The van der Waals surface area contributed by atoms with Gasteiger partial charge in [-0.25, -0.2) is 0 Å². The first-order chi connectivity index (χ1) is 6.11. The number of rotatable bonds is 3. The average Bonchev–Trinajstić information content (AvgIpc) is 2.01. The highest BCUT2D eigenvalue weighted by atomic mass is 16.5. The minimum absolute atomic E-state index is 0.0891. The summed E-state index contributed by atoms with van der Waals surface area (Å²) in [7, 11) is 0. The number of ether oxygens (including phenoxy) is 1. The van der Waals surface area contributed by atoms with Crippen LogP contribution in [0, 0.1) is 5.92 Å². The van der Waals surface area contributed by atoms with Gasteiger partial charge >= 0.3 is 0 Å². The second-order valence-corrected chi connectivity index (χ2v) is 3.70. The van der Waals surface area contributed by atoms with Gasteiger partial charge in [0.1, 0.15) is 6.29 Å². The molecule has 3 nitrogen and oxygen atoms in total. The molecule has 0 saturated carbocycles. The zero-order chi connectivity index (χ0) is 9.84.